The summed E-state index contributed by atoms with van der Waals surface area (Å²) < 4.78 is 10.5. The molecule has 0 unspecified atom stereocenters. The van der Waals surface area contributed by atoms with Gasteiger partial charge in [-0.15, -0.1) is 0 Å². The predicted octanol–water partition coefficient (Wildman–Crippen LogP) is 1.64. The Kier molecular flexibility index (Phi) is 4.20. The maximum absolute atomic E-state index is 11.2. The van der Waals surface area contributed by atoms with Crippen LogP contribution in [0.5, 0.6) is 11.5 Å². The van der Waals surface area contributed by atoms with Crippen molar-refractivity contribution in [3.8, 4) is 11.5 Å². The lowest BCUT2D eigenvalue weighted by Gasteiger charge is -2.06. The van der Waals surface area contributed by atoms with Crippen LogP contribution in [-0.2, 0) is 13.2 Å². The molecule has 100 valence electrons. The smallest absolute Gasteiger partial charge is 0.226 e. The summed E-state index contributed by atoms with van der Waals surface area (Å²) in [4.78, 5) is 11.2. The van der Waals surface area contributed by atoms with Crippen molar-refractivity contribution in [3.63, 3.8) is 0 Å². The number of ether oxygens (including phenoxy) is 1. The standard InChI is InChI=1S/C14H15NO4/c1-15-7-10-2-4-11(5-3-10)18-8-12-6-13(16)14(17)9-19-12/h2-6,9,15,17H,7-8H2,1H3. The normalized spacial score (nSPS) is 10.4. The average Bonchev–Trinajstić information content (AvgIpc) is 2.42. The molecule has 0 saturated heterocycles. The molecule has 0 amide bonds. The Morgan fingerprint density at radius 3 is 2.68 bits per heavy atom. The van der Waals surface area contributed by atoms with E-state index in [2.05, 4.69) is 5.32 Å². The highest BCUT2D eigenvalue weighted by atomic mass is 16.5. The third-order valence-corrected chi connectivity index (χ3v) is 2.55. The van der Waals surface area contributed by atoms with Crippen LogP contribution in [-0.4, -0.2) is 12.2 Å². The first kappa shape index (κ1) is 13.2. The van der Waals surface area contributed by atoms with Gasteiger partial charge in [-0.05, 0) is 24.7 Å². The minimum Gasteiger partial charge on any atom is -0.502 e. The molecule has 1 heterocycles. The summed E-state index contributed by atoms with van der Waals surface area (Å²) in [5, 5.41) is 12.1. The average molecular weight is 261 g/mol. The third-order valence-electron chi connectivity index (χ3n) is 2.55. The zero-order valence-electron chi connectivity index (χ0n) is 10.6. The lowest BCUT2D eigenvalue weighted by molar-refractivity contribution is 0.263. The van der Waals surface area contributed by atoms with Crippen LogP contribution in [0, 0.1) is 0 Å². The monoisotopic (exact) mass is 261 g/mol. The number of aromatic hydroxyl groups is 1. The summed E-state index contributed by atoms with van der Waals surface area (Å²) in [7, 11) is 1.89. The molecular weight excluding hydrogens is 246 g/mol. The first-order chi connectivity index (χ1) is 9.19. The van der Waals surface area contributed by atoms with E-state index in [1.165, 1.54) is 6.07 Å². The van der Waals surface area contributed by atoms with E-state index in [1.807, 2.05) is 31.3 Å². The van der Waals surface area contributed by atoms with Crippen LogP contribution in [0.2, 0.25) is 0 Å². The van der Waals surface area contributed by atoms with E-state index in [1.54, 1.807) is 0 Å². The molecule has 0 spiro atoms. The van der Waals surface area contributed by atoms with Gasteiger partial charge in [-0.3, -0.25) is 4.79 Å². The van der Waals surface area contributed by atoms with Crippen molar-refractivity contribution in [2.75, 3.05) is 7.05 Å². The largest absolute Gasteiger partial charge is 0.502 e. The molecule has 0 aliphatic rings. The lowest BCUT2D eigenvalue weighted by Crippen LogP contribution is -2.05. The van der Waals surface area contributed by atoms with Crippen LogP contribution in [0.15, 0.2) is 45.8 Å². The van der Waals surface area contributed by atoms with Gasteiger partial charge in [-0.2, -0.15) is 0 Å². The SMILES string of the molecule is CNCc1ccc(OCc2cc(=O)c(O)co2)cc1. The maximum atomic E-state index is 11.2. The molecule has 5 heteroatoms. The van der Waals surface area contributed by atoms with Gasteiger partial charge in [0.1, 0.15) is 24.4 Å². The van der Waals surface area contributed by atoms with Crippen LogP contribution >= 0.6 is 0 Å². The van der Waals surface area contributed by atoms with Crippen LogP contribution in [0.4, 0.5) is 0 Å². The molecule has 2 N–H and O–H groups in total. The summed E-state index contributed by atoms with van der Waals surface area (Å²) in [6.07, 6.45) is 1.01. The molecule has 19 heavy (non-hydrogen) atoms. The Morgan fingerprint density at radius 2 is 2.05 bits per heavy atom. The summed E-state index contributed by atoms with van der Waals surface area (Å²) in [6.45, 7) is 0.939. The Labute approximate surface area is 110 Å². The Hall–Kier alpha value is -2.27. The van der Waals surface area contributed by atoms with Gasteiger partial charge in [0.15, 0.2) is 5.75 Å². The number of hydrogen-bond donors (Lipinski definition) is 2. The second kappa shape index (κ2) is 6.06. The first-order valence-corrected chi connectivity index (χ1v) is 5.86. The van der Waals surface area contributed by atoms with Gasteiger partial charge in [-0.1, -0.05) is 12.1 Å². The molecule has 2 rings (SSSR count). The molecule has 0 bridgehead atoms. The van der Waals surface area contributed by atoms with Gasteiger partial charge in [0.25, 0.3) is 0 Å². The van der Waals surface area contributed by atoms with Crippen LogP contribution in [0.3, 0.4) is 0 Å². The van der Waals surface area contributed by atoms with E-state index < -0.39 is 11.2 Å². The molecule has 0 aliphatic carbocycles. The molecule has 0 fully saturated rings. The van der Waals surface area contributed by atoms with Crippen LogP contribution in [0.25, 0.3) is 0 Å². The van der Waals surface area contributed by atoms with Gasteiger partial charge in [0, 0.05) is 12.6 Å². The predicted molar refractivity (Wildman–Crippen MR) is 70.2 cm³/mol. The summed E-state index contributed by atoms with van der Waals surface area (Å²) in [6, 6.07) is 8.83. The second-order valence-corrected chi connectivity index (χ2v) is 4.06. The Morgan fingerprint density at radius 1 is 1.32 bits per heavy atom. The number of hydrogen-bond acceptors (Lipinski definition) is 5. The Bertz CT molecular complexity index is 589. The van der Waals surface area contributed by atoms with Gasteiger partial charge >= 0.3 is 0 Å². The van der Waals surface area contributed by atoms with Crippen molar-refractivity contribution in [2.24, 2.45) is 0 Å². The zero-order valence-corrected chi connectivity index (χ0v) is 10.6. The molecule has 1 aromatic heterocycles. The van der Waals surface area contributed by atoms with Crippen LogP contribution < -0.4 is 15.5 Å². The quantitative estimate of drug-likeness (QED) is 0.856. The second-order valence-electron chi connectivity index (χ2n) is 4.06. The van der Waals surface area contributed by atoms with Gasteiger partial charge in [0.05, 0.1) is 0 Å². The fraction of sp³-hybridized carbons (Fsp3) is 0.214. The van der Waals surface area contributed by atoms with Gasteiger partial charge in [-0.25, -0.2) is 0 Å². The van der Waals surface area contributed by atoms with Gasteiger partial charge in [0.2, 0.25) is 5.43 Å². The van der Waals surface area contributed by atoms with Crippen LogP contribution in [0.1, 0.15) is 11.3 Å². The molecule has 0 atom stereocenters. The zero-order chi connectivity index (χ0) is 13.7. The van der Waals surface area contributed by atoms with Crippen molar-refractivity contribution in [1.82, 2.24) is 5.32 Å². The van der Waals surface area contributed by atoms with E-state index in [-0.39, 0.29) is 6.61 Å². The topological polar surface area (TPSA) is 71.7 Å². The number of benzene rings is 1. The highest BCUT2D eigenvalue weighted by Crippen LogP contribution is 2.14. The molecule has 5 nitrogen and oxygen atoms in total. The van der Waals surface area contributed by atoms with Crippen molar-refractivity contribution in [1.29, 1.82) is 0 Å². The van der Waals surface area contributed by atoms with Crippen molar-refractivity contribution >= 4 is 0 Å². The summed E-state index contributed by atoms with van der Waals surface area (Å²) >= 11 is 0. The highest BCUT2D eigenvalue weighted by molar-refractivity contribution is 5.27. The van der Waals surface area contributed by atoms with E-state index in [0.29, 0.717) is 11.5 Å². The molecule has 0 saturated carbocycles. The van der Waals surface area contributed by atoms with Crippen molar-refractivity contribution in [3.05, 3.63) is 58.1 Å². The summed E-state index contributed by atoms with van der Waals surface area (Å²) in [5.74, 6) is 0.651. The maximum Gasteiger partial charge on any atom is 0.226 e. The number of nitrogens with one attached hydrogen (secondary N) is 1. The first-order valence-electron chi connectivity index (χ1n) is 5.86. The molecular formula is C14H15NO4. The molecule has 1 aromatic carbocycles. The fourth-order valence-electron chi connectivity index (χ4n) is 1.58. The molecule has 0 radical (unpaired) electrons. The van der Waals surface area contributed by atoms with E-state index in [4.69, 9.17) is 14.3 Å². The minimum absolute atomic E-state index is 0.140. The third kappa shape index (κ3) is 3.59. The fourth-order valence-corrected chi connectivity index (χ4v) is 1.58. The highest BCUT2D eigenvalue weighted by Gasteiger charge is 2.03. The van der Waals surface area contributed by atoms with E-state index in [9.17, 15) is 4.79 Å². The molecule has 0 aliphatic heterocycles. The minimum atomic E-state index is -0.478. The molecule has 2 aromatic rings. The van der Waals surface area contributed by atoms with Crippen molar-refractivity contribution < 1.29 is 14.3 Å². The number of rotatable bonds is 5. The summed E-state index contributed by atoms with van der Waals surface area (Å²) in [5.41, 5.74) is 0.681. The Balaban J connectivity index is 1.98. The van der Waals surface area contributed by atoms with Gasteiger partial charge < -0.3 is 19.6 Å². The van der Waals surface area contributed by atoms with Crippen molar-refractivity contribution in [2.45, 2.75) is 13.2 Å². The van der Waals surface area contributed by atoms with E-state index in [0.717, 1.165) is 18.4 Å². The lowest BCUT2D eigenvalue weighted by atomic mass is 10.2. The van der Waals surface area contributed by atoms with E-state index >= 15 is 0 Å².